The van der Waals surface area contributed by atoms with Crippen LogP contribution in [0.1, 0.15) is 17.6 Å². The molecule has 0 aliphatic carbocycles. The molecule has 2 aromatic rings. The number of benzene rings is 1. The van der Waals surface area contributed by atoms with E-state index in [9.17, 15) is 13.2 Å². The molecule has 0 N–H and O–H groups in total. The van der Waals surface area contributed by atoms with Crippen LogP contribution in [0.25, 0.3) is 10.1 Å². The average molecular weight is 216 g/mol. The van der Waals surface area contributed by atoms with E-state index in [1.54, 1.807) is 6.92 Å². The van der Waals surface area contributed by atoms with Crippen LogP contribution in [0.5, 0.6) is 0 Å². The van der Waals surface area contributed by atoms with Crippen molar-refractivity contribution >= 4 is 21.4 Å². The molecule has 0 radical (unpaired) electrons. The van der Waals surface area contributed by atoms with E-state index in [4.69, 9.17) is 0 Å². The Hall–Kier alpha value is -1.03. The summed E-state index contributed by atoms with van der Waals surface area (Å²) in [5.74, 6) is 0. The predicted octanol–water partition coefficient (Wildman–Crippen LogP) is 4.29. The third kappa shape index (κ3) is 1.50. The van der Waals surface area contributed by atoms with Gasteiger partial charge in [-0.3, -0.25) is 0 Å². The highest BCUT2D eigenvalue weighted by Crippen LogP contribution is 2.31. The smallest absolute Gasteiger partial charge is 0.205 e. The molecular formula is C10H7F3S. The van der Waals surface area contributed by atoms with Gasteiger partial charge in [0.1, 0.15) is 0 Å². The molecule has 0 bridgehead atoms. The number of fused-ring (bicyclic) bond motifs is 1. The maximum atomic E-state index is 12.9. The SMILES string of the molecule is Cc1cc(C(F)F)cc2cc(F)sc12. The van der Waals surface area contributed by atoms with Gasteiger partial charge in [0.15, 0.2) is 5.13 Å². The minimum atomic E-state index is -2.50. The topological polar surface area (TPSA) is 0 Å². The molecule has 0 fully saturated rings. The van der Waals surface area contributed by atoms with Crippen molar-refractivity contribution in [3.8, 4) is 0 Å². The van der Waals surface area contributed by atoms with Crippen molar-refractivity contribution in [1.29, 1.82) is 0 Å². The second kappa shape index (κ2) is 3.28. The predicted molar refractivity (Wildman–Crippen MR) is 51.5 cm³/mol. The van der Waals surface area contributed by atoms with Crippen LogP contribution in [-0.4, -0.2) is 0 Å². The fourth-order valence-electron chi connectivity index (χ4n) is 1.45. The maximum Gasteiger partial charge on any atom is 0.263 e. The van der Waals surface area contributed by atoms with Crippen LogP contribution >= 0.6 is 11.3 Å². The lowest BCUT2D eigenvalue weighted by Crippen LogP contribution is -1.84. The molecule has 0 atom stereocenters. The molecule has 0 aliphatic rings. The summed E-state index contributed by atoms with van der Waals surface area (Å²) < 4.78 is 38.4. The van der Waals surface area contributed by atoms with Crippen LogP contribution in [0.2, 0.25) is 0 Å². The molecule has 0 nitrogen and oxygen atoms in total. The van der Waals surface area contributed by atoms with Crippen molar-refractivity contribution in [2.24, 2.45) is 0 Å². The molecule has 1 heterocycles. The van der Waals surface area contributed by atoms with Gasteiger partial charge in [-0.1, -0.05) is 0 Å². The Morgan fingerprint density at radius 2 is 1.93 bits per heavy atom. The van der Waals surface area contributed by atoms with Crippen molar-refractivity contribution in [3.05, 3.63) is 34.5 Å². The van der Waals surface area contributed by atoms with Crippen LogP contribution in [0.3, 0.4) is 0 Å². The van der Waals surface area contributed by atoms with Crippen molar-refractivity contribution in [2.75, 3.05) is 0 Å². The largest absolute Gasteiger partial charge is 0.263 e. The second-order valence-corrected chi connectivity index (χ2v) is 4.11. The summed E-state index contributed by atoms with van der Waals surface area (Å²) in [5, 5.41) is 0.220. The number of halogens is 3. The van der Waals surface area contributed by atoms with Crippen LogP contribution < -0.4 is 0 Å². The fraction of sp³-hybridized carbons (Fsp3) is 0.200. The molecule has 74 valence electrons. The Balaban J connectivity index is 2.71. The zero-order chi connectivity index (χ0) is 10.3. The van der Waals surface area contributed by atoms with Crippen molar-refractivity contribution in [2.45, 2.75) is 13.3 Å². The summed E-state index contributed by atoms with van der Waals surface area (Å²) in [7, 11) is 0. The van der Waals surface area contributed by atoms with Crippen LogP contribution in [0.4, 0.5) is 13.2 Å². The Morgan fingerprint density at radius 1 is 1.21 bits per heavy atom. The van der Waals surface area contributed by atoms with E-state index < -0.39 is 6.43 Å². The molecule has 0 unspecified atom stereocenters. The number of thiophene rings is 1. The lowest BCUT2D eigenvalue weighted by atomic mass is 10.1. The lowest BCUT2D eigenvalue weighted by Gasteiger charge is -2.02. The van der Waals surface area contributed by atoms with Gasteiger partial charge >= 0.3 is 0 Å². The Labute approximate surface area is 83.0 Å². The summed E-state index contributed by atoms with van der Waals surface area (Å²) in [6.45, 7) is 1.71. The van der Waals surface area contributed by atoms with Gasteiger partial charge in [0.25, 0.3) is 6.43 Å². The minimum absolute atomic E-state index is 0.0483. The summed E-state index contributed by atoms with van der Waals surface area (Å²) in [6, 6.07) is 4.04. The Bertz CT molecular complexity index is 473. The molecule has 4 heteroatoms. The van der Waals surface area contributed by atoms with E-state index in [0.29, 0.717) is 10.9 Å². The number of alkyl halides is 2. The molecule has 1 aromatic heterocycles. The van der Waals surface area contributed by atoms with Gasteiger partial charge in [-0.05, 0) is 36.1 Å². The first-order chi connectivity index (χ1) is 6.58. The first kappa shape index (κ1) is 9.52. The van der Waals surface area contributed by atoms with Crippen molar-refractivity contribution in [1.82, 2.24) is 0 Å². The fourth-order valence-corrected chi connectivity index (χ4v) is 2.29. The maximum absolute atomic E-state index is 12.9. The standard InChI is InChI=1S/C10H7F3S/c1-5-2-7(10(12)13)3-6-4-8(11)14-9(5)6/h2-4,10H,1H3. The zero-order valence-corrected chi connectivity index (χ0v) is 8.17. The zero-order valence-electron chi connectivity index (χ0n) is 7.35. The van der Waals surface area contributed by atoms with Gasteiger partial charge in [0, 0.05) is 10.3 Å². The van der Waals surface area contributed by atoms with Crippen molar-refractivity contribution < 1.29 is 13.2 Å². The molecular weight excluding hydrogens is 209 g/mol. The van der Waals surface area contributed by atoms with E-state index in [-0.39, 0.29) is 10.7 Å². The van der Waals surface area contributed by atoms with Gasteiger partial charge in [0.05, 0.1) is 0 Å². The lowest BCUT2D eigenvalue weighted by molar-refractivity contribution is 0.151. The molecule has 2 rings (SSSR count). The molecule has 14 heavy (non-hydrogen) atoms. The highest BCUT2D eigenvalue weighted by molar-refractivity contribution is 7.17. The van der Waals surface area contributed by atoms with E-state index in [0.717, 1.165) is 16.0 Å². The summed E-state index contributed by atoms with van der Waals surface area (Å²) in [4.78, 5) is 0. The summed E-state index contributed by atoms with van der Waals surface area (Å²) in [5.41, 5.74) is 0.652. The van der Waals surface area contributed by atoms with Gasteiger partial charge in [0.2, 0.25) is 0 Å². The van der Waals surface area contributed by atoms with Crippen molar-refractivity contribution in [3.63, 3.8) is 0 Å². The molecule has 0 saturated carbocycles. The van der Waals surface area contributed by atoms with Gasteiger partial charge in [-0.15, -0.1) is 11.3 Å². The third-order valence-electron chi connectivity index (χ3n) is 2.05. The van der Waals surface area contributed by atoms with E-state index in [1.807, 2.05) is 0 Å². The normalized spacial score (nSPS) is 11.5. The first-order valence-corrected chi connectivity index (χ1v) is 4.87. The monoisotopic (exact) mass is 216 g/mol. The molecule has 0 amide bonds. The Kier molecular flexibility index (Phi) is 2.23. The molecule has 0 aliphatic heterocycles. The number of aryl methyl sites for hydroxylation is 1. The molecule has 0 spiro atoms. The number of hydrogen-bond acceptors (Lipinski definition) is 1. The van der Waals surface area contributed by atoms with Gasteiger partial charge < -0.3 is 0 Å². The first-order valence-electron chi connectivity index (χ1n) is 4.05. The highest BCUT2D eigenvalue weighted by atomic mass is 32.1. The van der Waals surface area contributed by atoms with Gasteiger partial charge in [-0.25, -0.2) is 8.78 Å². The number of rotatable bonds is 1. The van der Waals surface area contributed by atoms with Crippen LogP contribution in [-0.2, 0) is 0 Å². The molecule has 0 saturated heterocycles. The van der Waals surface area contributed by atoms with E-state index in [1.165, 1.54) is 18.2 Å². The average Bonchev–Trinajstić information content (AvgIpc) is 2.45. The van der Waals surface area contributed by atoms with Crippen LogP contribution in [0, 0.1) is 12.1 Å². The Morgan fingerprint density at radius 3 is 2.57 bits per heavy atom. The summed E-state index contributed by atoms with van der Waals surface area (Å²) in [6.07, 6.45) is -2.50. The summed E-state index contributed by atoms with van der Waals surface area (Å²) >= 11 is 0.988. The third-order valence-corrected chi connectivity index (χ3v) is 3.12. The number of hydrogen-bond donors (Lipinski definition) is 0. The molecule has 1 aromatic carbocycles. The van der Waals surface area contributed by atoms with E-state index in [2.05, 4.69) is 0 Å². The van der Waals surface area contributed by atoms with E-state index >= 15 is 0 Å². The highest BCUT2D eigenvalue weighted by Gasteiger charge is 2.11. The van der Waals surface area contributed by atoms with Gasteiger partial charge in [-0.2, -0.15) is 4.39 Å². The quantitative estimate of drug-likeness (QED) is 0.667. The minimum Gasteiger partial charge on any atom is -0.205 e. The second-order valence-electron chi connectivity index (χ2n) is 3.11. The van der Waals surface area contributed by atoms with Crippen LogP contribution in [0.15, 0.2) is 18.2 Å².